The van der Waals surface area contributed by atoms with Crippen LogP contribution in [0.5, 0.6) is 23.0 Å². The molecule has 28 N–H and O–H groups in total. The van der Waals surface area contributed by atoms with Crippen LogP contribution in [0.3, 0.4) is 0 Å². The average molecular weight is 2060 g/mol. The fourth-order valence-electron chi connectivity index (χ4n) is 16.9. The van der Waals surface area contributed by atoms with E-state index in [2.05, 4.69) is 31.9 Å². The van der Waals surface area contributed by atoms with Crippen LogP contribution in [0.1, 0.15) is 50.3 Å². The molecule has 0 saturated carbocycles. The van der Waals surface area contributed by atoms with E-state index in [0.29, 0.717) is 39.9 Å². The van der Waals surface area contributed by atoms with Crippen molar-refractivity contribution in [2.75, 3.05) is 138 Å². The summed E-state index contributed by atoms with van der Waals surface area (Å²) in [6, 6.07) is 11.9. The van der Waals surface area contributed by atoms with Crippen molar-refractivity contribution in [1.29, 1.82) is 0 Å². The Balaban J connectivity index is 0.619. The molecule has 21 aliphatic heterocycles. The monoisotopic (exact) mass is 2050 g/mol. The topological polar surface area (TPSA) is 791 Å². The number of rotatable bonds is 39. The van der Waals surface area contributed by atoms with Gasteiger partial charge in [0.1, 0.15) is 195 Å². The van der Waals surface area contributed by atoms with Gasteiger partial charge in [0, 0.05) is 31.7 Å². The molecule has 21 aliphatic rings. The minimum Gasteiger partial charge on any atom is -0.495 e. The highest BCUT2D eigenvalue weighted by Gasteiger charge is 2.60. The van der Waals surface area contributed by atoms with Gasteiger partial charge < -0.3 is 239 Å². The molecule has 808 valence electrons. The molecule has 143 heavy (non-hydrogen) atoms. The van der Waals surface area contributed by atoms with Crippen LogP contribution in [0.15, 0.2) is 54.6 Å². The number of carbonyl (C=O) groups is 5. The lowest BCUT2D eigenvalue weighted by Crippen LogP contribution is -2.68. The van der Waals surface area contributed by atoms with Crippen molar-refractivity contribution in [3.8, 4) is 23.0 Å². The molecular formula is C89H135N7O47. The van der Waals surface area contributed by atoms with Crippen molar-refractivity contribution in [3.05, 3.63) is 71.3 Å². The second kappa shape index (κ2) is 54.9. The summed E-state index contributed by atoms with van der Waals surface area (Å²) in [5, 5.41) is 243. The third-order valence-electron chi connectivity index (χ3n) is 24.9. The molecule has 21 heterocycles. The Labute approximate surface area is 819 Å². The summed E-state index contributed by atoms with van der Waals surface area (Å²) >= 11 is 0. The molecule has 38 atom stereocenters. The van der Waals surface area contributed by atoms with Crippen LogP contribution in [0.2, 0.25) is 0 Å². The quantitative estimate of drug-likeness (QED) is 0.0186. The van der Waals surface area contributed by atoms with Crippen molar-refractivity contribution in [2.45, 2.75) is 273 Å². The van der Waals surface area contributed by atoms with Gasteiger partial charge in [0.25, 0.3) is 0 Å². The van der Waals surface area contributed by atoms with Gasteiger partial charge in [-0.25, -0.2) is 4.79 Å². The summed E-state index contributed by atoms with van der Waals surface area (Å²) in [4.78, 5) is 65.9. The second-order valence-electron chi connectivity index (χ2n) is 35.1. The number of nitrogens with two attached hydrogens (primary N) is 1. The summed E-state index contributed by atoms with van der Waals surface area (Å²) < 4.78 is 126. The van der Waals surface area contributed by atoms with Gasteiger partial charge in [0.15, 0.2) is 55.5 Å². The lowest BCUT2D eigenvalue weighted by molar-refractivity contribution is -0.396. The number of aliphatic hydroxyl groups is 20. The van der Waals surface area contributed by atoms with Gasteiger partial charge in [-0.05, 0) is 72.4 Å². The molecular weight excluding hydrogens is 1920 g/mol. The van der Waals surface area contributed by atoms with Gasteiger partial charge in [0.2, 0.25) is 29.4 Å². The first kappa shape index (κ1) is 115. The number of hydrogen-bond donors (Lipinski definition) is 27. The maximum Gasteiger partial charge on any atom is 0.412 e. The molecule has 5 amide bonds. The summed E-state index contributed by atoms with van der Waals surface area (Å²) in [7, 11) is 6.01. The number of hydrogen-bond acceptors (Lipinski definition) is 49. The Morgan fingerprint density at radius 3 is 1.10 bits per heavy atom. The third kappa shape index (κ3) is 29.2. The van der Waals surface area contributed by atoms with E-state index in [0.717, 1.165) is 11.1 Å². The molecule has 0 radical (unpaired) electrons. The number of benzene rings is 3. The molecule has 21 fully saturated rings. The molecule has 14 bridgehead atoms. The van der Waals surface area contributed by atoms with Crippen LogP contribution < -0.4 is 56.6 Å². The van der Waals surface area contributed by atoms with E-state index in [1.54, 1.807) is 68.4 Å². The van der Waals surface area contributed by atoms with Crippen molar-refractivity contribution < 1.29 is 230 Å². The van der Waals surface area contributed by atoms with Crippen molar-refractivity contribution in [1.82, 2.24) is 21.3 Å². The second-order valence-corrected chi connectivity index (χ2v) is 35.1. The molecule has 24 rings (SSSR count). The highest BCUT2D eigenvalue weighted by atomic mass is 16.8. The Bertz CT molecular complexity index is 4430. The van der Waals surface area contributed by atoms with Crippen molar-refractivity contribution in [3.63, 3.8) is 0 Å². The van der Waals surface area contributed by atoms with E-state index in [9.17, 15) is 126 Å². The standard InChI is InChI=1S/C89H135N7O47/c1-37(2)56(81(120)93-38(3)79(118)94-42-13-10-40(11-14-42)36-129-89(121)95-44-26-39(12-16-45(44)122-4)8-9-41-27-46(123-5)71(125-7)47(28-41)124-6)96-55(103)17-15-43(90)80(119)92-19-21-127-23-25-128-24-22-126-20-18-91-29-48-72-57(104)64(111)82(130-48)138-73-49(30-97)132-84(66(113)59(73)106)140-75-51(32-99)134-86(68(115)61(75)108)142-77-53(34-101)136-88(70(117)63(77)110)143-78-54(35-102)135-87(69(116)62(78)109)141-76-52(33-100)133-85(67(114)60(76)107)139-74-50(31-98)131-83(137-72)65(112)58(74)105/h8-14,16,26-28,37-38,43,48-54,56-70,72-78,82-88,91,97-102,104-117H,15,17-25,29-36,90H2,1-7H3,(H,92,119)(H,93,120)(H,94,118)(H,95,121)(H,96,103)/b9-8-/t38-,43-,48?,49?,50?,51?,52?,53?,54?,56-,57?,58?,59?,60?,61?,62?,63?,64?,65?,66?,67?,68?,69?,70?,72?,73?,74?,75?,76?,77?,78?,82?,83?,84?,85?,86?,87?,88?/m0/s1. The maximum absolute atomic E-state index is 13.5. The number of anilines is 2. The molecule has 3 aromatic rings. The van der Waals surface area contributed by atoms with Crippen LogP contribution in [-0.4, -0.2) is 492 Å². The number of methoxy groups -OCH3 is 4. The predicted octanol–water partition coefficient (Wildman–Crippen LogP) is -11.1. The van der Waals surface area contributed by atoms with E-state index in [4.69, 9.17) is 110 Å². The highest BCUT2D eigenvalue weighted by Crippen LogP contribution is 2.42. The van der Waals surface area contributed by atoms with Crippen LogP contribution in [0.25, 0.3) is 12.2 Å². The summed E-state index contributed by atoms with van der Waals surface area (Å²) in [6.45, 7) is -1.98. The van der Waals surface area contributed by atoms with Crippen LogP contribution in [0.4, 0.5) is 16.2 Å². The Morgan fingerprint density at radius 2 is 0.741 bits per heavy atom. The SMILES string of the molecule is COc1ccc(/C=C\c2cc(OC)c(OC)c(OC)c2)cc1NC(=O)OCc1ccc(NC(=O)[C@H](C)NC(=O)[C@@H](NC(=O)CC[C@H](N)C(=O)NCCOCCOCCOCCNCC2OC3OC4C(CO)OC(OC5C(CO)OC(OC6C(CO)OC(OC7C(CO)OC(OC8C(CO)OC(OC9C(CO)OC(OC2C(O)C3O)C(O)C9O)C(O)C8O)C(O)C7O)C(O)C6O)C(O)C5O)C(O)C4O)C(C)C)cc1. The Kier molecular flexibility index (Phi) is 44.4. The molecule has 0 spiro atoms. The van der Waals surface area contributed by atoms with Gasteiger partial charge in [-0.1, -0.05) is 44.2 Å². The average Bonchev–Trinajstić information content (AvgIpc) is 0.924. The molecule has 0 aromatic heterocycles. The van der Waals surface area contributed by atoms with Gasteiger partial charge in [-0.15, -0.1) is 0 Å². The highest BCUT2D eigenvalue weighted by molar-refractivity contribution is 5.98. The first-order valence-electron chi connectivity index (χ1n) is 46.4. The zero-order valence-corrected chi connectivity index (χ0v) is 79.1. The smallest absolute Gasteiger partial charge is 0.412 e. The summed E-state index contributed by atoms with van der Waals surface area (Å²) in [5.41, 5.74) is 8.90. The maximum atomic E-state index is 13.5. The van der Waals surface area contributed by atoms with E-state index < -0.39 is 315 Å². The normalized spacial score (nSPS) is 35.7. The molecule has 3 aromatic carbocycles. The van der Waals surface area contributed by atoms with Gasteiger partial charge in [-0.3, -0.25) is 24.5 Å². The number of amides is 5. The Hall–Kier alpha value is -7.81. The summed E-state index contributed by atoms with van der Waals surface area (Å²) in [5.74, 6) is -1.05. The lowest BCUT2D eigenvalue weighted by Gasteiger charge is -2.50. The van der Waals surface area contributed by atoms with Gasteiger partial charge in [0.05, 0.1) is 119 Å². The molecule has 54 nitrogen and oxygen atoms in total. The van der Waals surface area contributed by atoms with E-state index in [1.807, 2.05) is 12.2 Å². The van der Waals surface area contributed by atoms with E-state index >= 15 is 0 Å². The summed E-state index contributed by atoms with van der Waals surface area (Å²) in [6.07, 6.45) is -69.1. The largest absolute Gasteiger partial charge is 0.495 e. The lowest BCUT2D eigenvalue weighted by atomic mass is 9.95. The molecule has 0 aliphatic carbocycles. The molecule has 21 saturated heterocycles. The third-order valence-corrected chi connectivity index (χ3v) is 24.9. The Morgan fingerprint density at radius 1 is 0.385 bits per heavy atom. The number of carbonyl (C=O) groups excluding carboxylic acids is 5. The van der Waals surface area contributed by atoms with Crippen LogP contribution in [-0.2, 0) is 111 Å². The number of ether oxygens (including phenoxy) is 22. The minimum atomic E-state index is -2.26. The zero-order chi connectivity index (χ0) is 104. The number of nitrogens with one attached hydrogen (secondary N) is 6. The molecule has 35 unspecified atom stereocenters. The molecule has 54 heteroatoms. The fraction of sp³-hybridized carbons (Fsp3) is 0.719. The predicted molar refractivity (Wildman–Crippen MR) is 478 cm³/mol. The van der Waals surface area contributed by atoms with Gasteiger partial charge in [-0.2, -0.15) is 0 Å². The van der Waals surface area contributed by atoms with Crippen LogP contribution >= 0.6 is 0 Å². The minimum absolute atomic E-state index is 0.0152. The fourth-order valence-corrected chi connectivity index (χ4v) is 16.9. The van der Waals surface area contributed by atoms with Crippen molar-refractivity contribution >= 4 is 53.2 Å². The number of aliphatic hydroxyl groups excluding tert-OH is 20. The van der Waals surface area contributed by atoms with Gasteiger partial charge >= 0.3 is 6.09 Å². The van der Waals surface area contributed by atoms with E-state index in [-0.39, 0.29) is 72.2 Å². The first-order valence-corrected chi connectivity index (χ1v) is 46.4. The van der Waals surface area contributed by atoms with Crippen LogP contribution in [0, 0.1) is 5.92 Å². The van der Waals surface area contributed by atoms with Crippen molar-refractivity contribution in [2.24, 2.45) is 11.7 Å². The first-order chi connectivity index (χ1) is 68.5. The van der Waals surface area contributed by atoms with E-state index in [1.165, 1.54) is 35.4 Å². The zero-order valence-electron chi connectivity index (χ0n) is 79.1.